The van der Waals surface area contributed by atoms with Crippen molar-refractivity contribution in [2.24, 2.45) is 0 Å². The van der Waals surface area contributed by atoms with Crippen molar-refractivity contribution in [3.8, 4) is 0 Å². The predicted molar refractivity (Wildman–Crippen MR) is 94.4 cm³/mol. The second kappa shape index (κ2) is 6.33. The summed E-state index contributed by atoms with van der Waals surface area (Å²) in [7, 11) is 0. The highest BCUT2D eigenvalue weighted by atomic mass is 32.2. The van der Waals surface area contributed by atoms with Crippen molar-refractivity contribution in [2.45, 2.75) is 49.6 Å². The third-order valence-electron chi connectivity index (χ3n) is 4.86. The molecule has 2 atom stereocenters. The molecule has 0 radical (unpaired) electrons. The molecule has 2 aliphatic heterocycles. The highest BCUT2D eigenvalue weighted by molar-refractivity contribution is 8.00. The predicted octanol–water partition coefficient (Wildman–Crippen LogP) is 3.10. The Hall–Kier alpha value is -1.66. The first-order valence-electron chi connectivity index (χ1n) is 8.65. The van der Waals surface area contributed by atoms with Gasteiger partial charge in [0.05, 0.1) is 6.04 Å². The molecule has 2 aromatic rings. The molecule has 6 heteroatoms. The molecule has 3 heterocycles. The number of hydrogen-bond acceptors (Lipinski definition) is 5. The Labute approximate surface area is 146 Å². The Balaban J connectivity index is 1.68. The second-order valence-corrected chi connectivity index (χ2v) is 7.66. The van der Waals surface area contributed by atoms with Crippen molar-refractivity contribution in [3.05, 3.63) is 41.2 Å². The van der Waals surface area contributed by atoms with Gasteiger partial charge in [0.15, 0.2) is 11.0 Å². The number of nitrogens with zero attached hydrogens (tertiary/aromatic N) is 4. The molecule has 0 amide bonds. The average Bonchev–Trinajstić information content (AvgIpc) is 3.29. The van der Waals surface area contributed by atoms with Crippen molar-refractivity contribution in [2.75, 3.05) is 13.1 Å². The summed E-state index contributed by atoms with van der Waals surface area (Å²) < 4.78 is 1.52. The van der Waals surface area contributed by atoms with Gasteiger partial charge in [0.25, 0.3) is 5.91 Å². The Morgan fingerprint density at radius 1 is 1.25 bits per heavy atom. The molecule has 0 saturated carbocycles. The molecule has 0 N–H and O–H groups in total. The minimum Gasteiger partial charge on any atom is -0.295 e. The smallest absolute Gasteiger partial charge is 0.264 e. The van der Waals surface area contributed by atoms with Crippen LogP contribution in [0.1, 0.15) is 47.6 Å². The fourth-order valence-electron chi connectivity index (χ4n) is 3.55. The van der Waals surface area contributed by atoms with Crippen LogP contribution in [0.4, 0.5) is 0 Å². The molecular weight excluding hydrogens is 320 g/mol. The van der Waals surface area contributed by atoms with E-state index in [1.807, 2.05) is 6.92 Å². The Morgan fingerprint density at radius 2 is 1.96 bits per heavy atom. The molecule has 0 bridgehead atoms. The number of aryl methyl sites for hydroxylation is 2. The van der Waals surface area contributed by atoms with Gasteiger partial charge < -0.3 is 0 Å². The van der Waals surface area contributed by atoms with Gasteiger partial charge in [0, 0.05) is 6.42 Å². The van der Waals surface area contributed by atoms with E-state index >= 15 is 0 Å². The first kappa shape index (κ1) is 15.8. The fraction of sp³-hybridized carbons (Fsp3) is 0.500. The van der Waals surface area contributed by atoms with E-state index in [2.05, 4.69) is 46.2 Å². The maximum atomic E-state index is 13.0. The van der Waals surface area contributed by atoms with Gasteiger partial charge in [0.2, 0.25) is 0 Å². The largest absolute Gasteiger partial charge is 0.295 e. The first-order valence-corrected chi connectivity index (χ1v) is 9.53. The van der Waals surface area contributed by atoms with Gasteiger partial charge in [0.1, 0.15) is 5.25 Å². The number of aromatic nitrogens is 3. The van der Waals surface area contributed by atoms with Crippen LogP contribution >= 0.6 is 11.8 Å². The van der Waals surface area contributed by atoms with Gasteiger partial charge in [-0.3, -0.25) is 9.69 Å². The van der Waals surface area contributed by atoms with Gasteiger partial charge >= 0.3 is 0 Å². The van der Waals surface area contributed by atoms with Crippen LogP contribution in [-0.2, 0) is 6.42 Å². The minimum atomic E-state index is -0.160. The molecule has 2 unspecified atom stereocenters. The van der Waals surface area contributed by atoms with Crippen LogP contribution in [0.15, 0.2) is 29.4 Å². The van der Waals surface area contributed by atoms with E-state index in [0.29, 0.717) is 0 Å². The van der Waals surface area contributed by atoms with Gasteiger partial charge in [-0.1, -0.05) is 48.5 Å². The van der Waals surface area contributed by atoms with Crippen LogP contribution < -0.4 is 0 Å². The number of carbonyl (C=O) groups excluding carboxylic acids is 1. The standard InChI is InChI=1S/C18H22N4OS/c1-3-14-19-18-22(20-14)17(23)16(24-18)15(21-10-4-5-11-21)13-8-6-12(2)7-9-13/h6-9,15-16H,3-5,10-11H2,1-2H3. The van der Waals surface area contributed by atoms with Crippen molar-refractivity contribution in [1.29, 1.82) is 0 Å². The van der Waals surface area contributed by atoms with Crippen LogP contribution in [-0.4, -0.2) is 43.9 Å². The van der Waals surface area contributed by atoms with Crippen LogP contribution in [0.5, 0.6) is 0 Å². The fourth-order valence-corrected chi connectivity index (χ4v) is 4.83. The van der Waals surface area contributed by atoms with Crippen molar-refractivity contribution < 1.29 is 4.79 Å². The molecule has 1 aromatic heterocycles. The molecule has 2 aliphatic rings. The summed E-state index contributed by atoms with van der Waals surface area (Å²) >= 11 is 1.57. The van der Waals surface area contributed by atoms with E-state index in [1.54, 1.807) is 11.8 Å². The minimum absolute atomic E-state index is 0.0691. The van der Waals surface area contributed by atoms with E-state index in [9.17, 15) is 4.79 Å². The zero-order valence-corrected chi connectivity index (χ0v) is 14.9. The van der Waals surface area contributed by atoms with Crippen LogP contribution in [0.2, 0.25) is 0 Å². The first-order chi connectivity index (χ1) is 11.7. The summed E-state index contributed by atoms with van der Waals surface area (Å²) in [6.07, 6.45) is 3.17. The molecule has 126 valence electrons. The lowest BCUT2D eigenvalue weighted by Crippen LogP contribution is -2.37. The van der Waals surface area contributed by atoms with E-state index in [4.69, 9.17) is 0 Å². The summed E-state index contributed by atoms with van der Waals surface area (Å²) in [6.45, 7) is 6.21. The Kier molecular flexibility index (Phi) is 4.18. The summed E-state index contributed by atoms with van der Waals surface area (Å²) in [4.78, 5) is 19.9. The summed E-state index contributed by atoms with van der Waals surface area (Å²) in [5.74, 6) is 0.817. The molecule has 5 nitrogen and oxygen atoms in total. The summed E-state index contributed by atoms with van der Waals surface area (Å²) in [5.41, 5.74) is 2.46. The third-order valence-corrected chi connectivity index (χ3v) is 6.05. The summed E-state index contributed by atoms with van der Waals surface area (Å²) in [5, 5.41) is 4.96. The second-order valence-electron chi connectivity index (χ2n) is 6.55. The molecule has 1 aromatic carbocycles. The Morgan fingerprint density at radius 3 is 2.58 bits per heavy atom. The van der Waals surface area contributed by atoms with Crippen LogP contribution in [0.3, 0.4) is 0 Å². The third kappa shape index (κ3) is 2.67. The van der Waals surface area contributed by atoms with Gasteiger partial charge in [-0.15, -0.1) is 5.10 Å². The van der Waals surface area contributed by atoms with E-state index in [1.165, 1.54) is 28.7 Å². The molecule has 0 aliphatic carbocycles. The normalized spacial score (nSPS) is 22.1. The molecule has 1 saturated heterocycles. The Bertz CT molecular complexity index is 749. The average molecular weight is 342 g/mol. The van der Waals surface area contributed by atoms with E-state index < -0.39 is 0 Å². The van der Waals surface area contributed by atoms with Gasteiger partial charge in [-0.05, 0) is 38.4 Å². The lowest BCUT2D eigenvalue weighted by Gasteiger charge is -2.31. The van der Waals surface area contributed by atoms with E-state index in [0.717, 1.165) is 30.5 Å². The highest BCUT2D eigenvalue weighted by Gasteiger charge is 2.43. The summed E-state index contributed by atoms with van der Waals surface area (Å²) in [6, 6.07) is 8.69. The molecule has 24 heavy (non-hydrogen) atoms. The maximum Gasteiger partial charge on any atom is 0.264 e. The highest BCUT2D eigenvalue weighted by Crippen LogP contribution is 2.41. The molecule has 1 fully saturated rings. The quantitative estimate of drug-likeness (QED) is 0.854. The van der Waals surface area contributed by atoms with Gasteiger partial charge in [-0.25, -0.2) is 4.98 Å². The maximum absolute atomic E-state index is 13.0. The van der Waals surface area contributed by atoms with Crippen LogP contribution in [0.25, 0.3) is 0 Å². The number of likely N-dealkylation sites (tertiary alicyclic amines) is 1. The number of hydrogen-bond donors (Lipinski definition) is 0. The molecular formula is C18H22N4OS. The number of carbonyl (C=O) groups is 1. The van der Waals surface area contributed by atoms with E-state index in [-0.39, 0.29) is 17.2 Å². The zero-order chi connectivity index (χ0) is 16.7. The number of rotatable bonds is 4. The number of benzene rings is 1. The molecule has 4 rings (SSSR count). The number of fused-ring (bicyclic) bond motifs is 1. The van der Waals surface area contributed by atoms with Crippen LogP contribution in [0, 0.1) is 6.92 Å². The lowest BCUT2D eigenvalue weighted by atomic mass is 10.00. The zero-order valence-electron chi connectivity index (χ0n) is 14.1. The SMILES string of the molecule is CCc1nc2n(n1)C(=O)C(C(c1ccc(C)cc1)N1CCCC1)S2. The van der Waals surface area contributed by atoms with Crippen molar-refractivity contribution in [3.63, 3.8) is 0 Å². The van der Waals surface area contributed by atoms with Crippen molar-refractivity contribution >= 4 is 17.7 Å². The number of thioether (sulfide) groups is 1. The lowest BCUT2D eigenvalue weighted by molar-refractivity contribution is 0.0847. The van der Waals surface area contributed by atoms with Gasteiger partial charge in [-0.2, -0.15) is 4.68 Å². The van der Waals surface area contributed by atoms with Crippen molar-refractivity contribution in [1.82, 2.24) is 19.7 Å². The monoisotopic (exact) mass is 342 g/mol. The molecule has 0 spiro atoms. The topological polar surface area (TPSA) is 51.0 Å².